The molecule has 0 aliphatic carbocycles. The third-order valence-electron chi connectivity index (χ3n) is 4.13. The number of rotatable bonds is 4. The quantitative estimate of drug-likeness (QED) is 0.860. The van der Waals surface area contributed by atoms with Gasteiger partial charge in [0.05, 0.1) is 0 Å². The number of amides is 1. The predicted octanol–water partition coefficient (Wildman–Crippen LogP) is 1.81. The third kappa shape index (κ3) is 3.08. The summed E-state index contributed by atoms with van der Waals surface area (Å²) in [6.45, 7) is 6.06. The van der Waals surface area contributed by atoms with Crippen molar-refractivity contribution in [3.05, 3.63) is 35.8 Å². The van der Waals surface area contributed by atoms with Gasteiger partial charge >= 0.3 is 0 Å². The number of imidazole rings is 1. The van der Waals surface area contributed by atoms with Crippen molar-refractivity contribution in [1.82, 2.24) is 19.2 Å². The molecule has 1 amide bonds. The summed E-state index contributed by atoms with van der Waals surface area (Å²) in [6.07, 6.45) is 6.31. The first-order valence-electron chi connectivity index (χ1n) is 7.57. The molecular formula is C16H22N4O. The average molecular weight is 286 g/mol. The lowest BCUT2D eigenvalue weighted by atomic mass is 10.3. The first-order chi connectivity index (χ1) is 10.1. The summed E-state index contributed by atoms with van der Waals surface area (Å²) in [4.78, 5) is 21.1. The van der Waals surface area contributed by atoms with Gasteiger partial charge in [-0.2, -0.15) is 0 Å². The molecule has 1 aliphatic rings. The van der Waals surface area contributed by atoms with Crippen LogP contribution in [0.15, 0.2) is 24.5 Å². The molecule has 0 saturated carbocycles. The minimum Gasteiger partial charge on any atom is -0.339 e. The maximum absolute atomic E-state index is 12.4. The number of nitrogens with zero attached hydrogens (tertiary/aromatic N) is 4. The number of pyridine rings is 1. The van der Waals surface area contributed by atoms with Crippen LogP contribution in [-0.2, 0) is 0 Å². The van der Waals surface area contributed by atoms with Crippen molar-refractivity contribution in [2.75, 3.05) is 33.2 Å². The molecule has 3 heterocycles. The number of aromatic nitrogens is 2. The second-order valence-corrected chi connectivity index (χ2v) is 5.87. The van der Waals surface area contributed by atoms with Crippen LogP contribution in [0.5, 0.6) is 0 Å². The molecule has 0 unspecified atom stereocenters. The van der Waals surface area contributed by atoms with E-state index in [1.165, 1.54) is 12.8 Å². The largest absolute Gasteiger partial charge is 0.339 e. The van der Waals surface area contributed by atoms with E-state index >= 15 is 0 Å². The standard InChI is InChI=1S/C16H22N4O/c1-13-5-8-20-12-14(17-15(20)11-13)16(21)18(2)9-10-19-6-3-4-7-19/h5,8,11-12H,3-4,6-7,9-10H2,1-2H3. The van der Waals surface area contributed by atoms with Crippen LogP contribution in [0.25, 0.3) is 5.65 Å². The van der Waals surface area contributed by atoms with Crippen molar-refractivity contribution >= 4 is 11.6 Å². The van der Waals surface area contributed by atoms with Crippen molar-refractivity contribution in [1.29, 1.82) is 0 Å². The number of hydrogen-bond acceptors (Lipinski definition) is 3. The zero-order valence-electron chi connectivity index (χ0n) is 12.7. The van der Waals surface area contributed by atoms with E-state index in [1.54, 1.807) is 4.90 Å². The fourth-order valence-corrected chi connectivity index (χ4v) is 2.78. The normalized spacial score (nSPS) is 15.7. The summed E-state index contributed by atoms with van der Waals surface area (Å²) in [5.74, 6) is -0.00412. The Morgan fingerprint density at radius 3 is 2.90 bits per heavy atom. The molecule has 1 aliphatic heterocycles. The molecule has 112 valence electrons. The number of carbonyl (C=O) groups is 1. The summed E-state index contributed by atoms with van der Waals surface area (Å²) in [5.41, 5.74) is 2.49. The number of carbonyl (C=O) groups excluding carboxylic acids is 1. The molecule has 21 heavy (non-hydrogen) atoms. The molecule has 1 saturated heterocycles. The van der Waals surface area contributed by atoms with Gasteiger partial charge in [-0.25, -0.2) is 4.98 Å². The first-order valence-corrected chi connectivity index (χ1v) is 7.57. The lowest BCUT2D eigenvalue weighted by Gasteiger charge is -2.20. The van der Waals surface area contributed by atoms with Crippen molar-refractivity contribution in [2.24, 2.45) is 0 Å². The van der Waals surface area contributed by atoms with Gasteiger partial charge in [0.1, 0.15) is 11.3 Å². The van der Waals surface area contributed by atoms with Crippen LogP contribution in [0.3, 0.4) is 0 Å². The maximum atomic E-state index is 12.4. The molecule has 0 radical (unpaired) electrons. The highest BCUT2D eigenvalue weighted by Gasteiger charge is 2.17. The Bertz CT molecular complexity index is 643. The summed E-state index contributed by atoms with van der Waals surface area (Å²) < 4.78 is 1.90. The molecule has 0 aromatic carbocycles. The monoisotopic (exact) mass is 286 g/mol. The molecule has 3 rings (SSSR count). The first kappa shape index (κ1) is 14.1. The van der Waals surface area contributed by atoms with Gasteiger partial charge in [0.2, 0.25) is 0 Å². The number of aryl methyl sites for hydroxylation is 1. The Labute approximate surface area is 125 Å². The number of likely N-dealkylation sites (N-methyl/N-ethyl adjacent to an activating group) is 1. The molecule has 5 heteroatoms. The van der Waals surface area contributed by atoms with Gasteiger partial charge in [-0.3, -0.25) is 4.79 Å². The van der Waals surface area contributed by atoms with E-state index in [4.69, 9.17) is 0 Å². The minimum atomic E-state index is -0.00412. The Hall–Kier alpha value is -1.88. The van der Waals surface area contributed by atoms with Crippen molar-refractivity contribution < 1.29 is 4.79 Å². The fourth-order valence-electron chi connectivity index (χ4n) is 2.78. The van der Waals surface area contributed by atoms with Crippen LogP contribution >= 0.6 is 0 Å². The van der Waals surface area contributed by atoms with Gasteiger partial charge in [0.25, 0.3) is 5.91 Å². The Morgan fingerprint density at radius 1 is 1.38 bits per heavy atom. The van der Waals surface area contributed by atoms with E-state index in [0.29, 0.717) is 5.69 Å². The summed E-state index contributed by atoms with van der Waals surface area (Å²) in [5, 5.41) is 0. The van der Waals surface area contributed by atoms with E-state index in [0.717, 1.165) is 37.4 Å². The molecule has 2 aromatic heterocycles. The molecule has 0 atom stereocenters. The van der Waals surface area contributed by atoms with Crippen molar-refractivity contribution in [3.63, 3.8) is 0 Å². The van der Waals surface area contributed by atoms with Gasteiger partial charge in [-0.15, -0.1) is 0 Å². The van der Waals surface area contributed by atoms with Gasteiger partial charge in [0, 0.05) is 32.5 Å². The Balaban J connectivity index is 1.67. The van der Waals surface area contributed by atoms with Gasteiger partial charge in [-0.05, 0) is 50.6 Å². The number of fused-ring (bicyclic) bond motifs is 1. The van der Waals surface area contributed by atoms with Crippen LogP contribution in [0.1, 0.15) is 28.9 Å². The summed E-state index contributed by atoms with van der Waals surface area (Å²) in [7, 11) is 1.85. The van der Waals surface area contributed by atoms with Crippen LogP contribution < -0.4 is 0 Å². The smallest absolute Gasteiger partial charge is 0.273 e. The molecule has 2 aromatic rings. The lowest BCUT2D eigenvalue weighted by Crippen LogP contribution is -2.35. The van der Waals surface area contributed by atoms with Crippen molar-refractivity contribution in [2.45, 2.75) is 19.8 Å². The zero-order valence-corrected chi connectivity index (χ0v) is 12.7. The summed E-state index contributed by atoms with van der Waals surface area (Å²) >= 11 is 0. The molecule has 5 nitrogen and oxygen atoms in total. The van der Waals surface area contributed by atoms with E-state index < -0.39 is 0 Å². The topological polar surface area (TPSA) is 40.9 Å². The molecule has 1 fully saturated rings. The molecule has 0 N–H and O–H groups in total. The Kier molecular flexibility index (Phi) is 3.92. The molecular weight excluding hydrogens is 264 g/mol. The predicted molar refractivity (Wildman–Crippen MR) is 82.6 cm³/mol. The van der Waals surface area contributed by atoms with E-state index in [9.17, 15) is 4.79 Å². The highest BCUT2D eigenvalue weighted by atomic mass is 16.2. The lowest BCUT2D eigenvalue weighted by molar-refractivity contribution is 0.0777. The van der Waals surface area contributed by atoms with E-state index in [1.807, 2.05) is 42.9 Å². The second-order valence-electron chi connectivity index (χ2n) is 5.87. The van der Waals surface area contributed by atoms with Crippen LogP contribution in [0.2, 0.25) is 0 Å². The highest BCUT2D eigenvalue weighted by Crippen LogP contribution is 2.10. The second kappa shape index (κ2) is 5.85. The zero-order chi connectivity index (χ0) is 14.8. The molecule has 0 bridgehead atoms. The Morgan fingerprint density at radius 2 is 2.14 bits per heavy atom. The fraction of sp³-hybridized carbons (Fsp3) is 0.500. The average Bonchev–Trinajstić information content (AvgIpc) is 3.12. The third-order valence-corrected chi connectivity index (χ3v) is 4.13. The van der Waals surface area contributed by atoms with Crippen LogP contribution in [0, 0.1) is 6.92 Å². The number of hydrogen-bond donors (Lipinski definition) is 0. The maximum Gasteiger partial charge on any atom is 0.273 e. The van der Waals surface area contributed by atoms with Gasteiger partial charge in [-0.1, -0.05) is 0 Å². The van der Waals surface area contributed by atoms with E-state index in [2.05, 4.69) is 9.88 Å². The van der Waals surface area contributed by atoms with E-state index in [-0.39, 0.29) is 5.91 Å². The van der Waals surface area contributed by atoms with Gasteiger partial charge in [0.15, 0.2) is 0 Å². The minimum absolute atomic E-state index is 0.00412. The molecule has 0 spiro atoms. The van der Waals surface area contributed by atoms with Crippen LogP contribution in [0.4, 0.5) is 0 Å². The SMILES string of the molecule is Cc1ccn2cc(C(=O)N(C)CCN3CCCC3)nc2c1. The summed E-state index contributed by atoms with van der Waals surface area (Å²) in [6, 6.07) is 4.00. The highest BCUT2D eigenvalue weighted by molar-refractivity contribution is 5.92. The van der Waals surface area contributed by atoms with Gasteiger partial charge < -0.3 is 14.2 Å². The van der Waals surface area contributed by atoms with Crippen LogP contribution in [-0.4, -0.2) is 58.3 Å². The van der Waals surface area contributed by atoms with Crippen molar-refractivity contribution in [3.8, 4) is 0 Å². The number of likely N-dealkylation sites (tertiary alicyclic amines) is 1.